The summed E-state index contributed by atoms with van der Waals surface area (Å²) in [6, 6.07) is 7.70. The average Bonchev–Trinajstić information content (AvgIpc) is 2.81. The molecule has 1 fully saturated rings. The Bertz CT molecular complexity index is 1000. The normalized spacial score (nSPS) is 15.9. The molecular formula is C22H24N6O3. The number of carbonyl (C=O) groups is 1. The molecule has 1 aliphatic heterocycles. The average molecular weight is 420 g/mol. The first-order valence-corrected chi connectivity index (χ1v) is 10.2. The van der Waals surface area contributed by atoms with Crippen LogP contribution in [0.2, 0.25) is 0 Å². The molecule has 2 aromatic heterocycles. The number of amides is 1. The van der Waals surface area contributed by atoms with Crippen molar-refractivity contribution >= 4 is 17.5 Å². The van der Waals surface area contributed by atoms with E-state index in [0.717, 1.165) is 30.9 Å². The van der Waals surface area contributed by atoms with Gasteiger partial charge in [-0.15, -0.1) is 0 Å². The van der Waals surface area contributed by atoms with E-state index in [1.807, 2.05) is 31.2 Å². The Morgan fingerprint density at radius 1 is 1.13 bits per heavy atom. The second-order valence-electron chi connectivity index (χ2n) is 7.06. The number of nitrogens with one attached hydrogen (secondary N) is 1. The Labute approximate surface area is 180 Å². The summed E-state index contributed by atoms with van der Waals surface area (Å²) in [4.78, 5) is 31.0. The molecule has 0 aliphatic carbocycles. The third-order valence-electron chi connectivity index (χ3n) is 4.82. The van der Waals surface area contributed by atoms with Gasteiger partial charge in [-0.1, -0.05) is 12.1 Å². The monoisotopic (exact) mass is 420 g/mol. The summed E-state index contributed by atoms with van der Waals surface area (Å²) < 4.78 is 11.9. The van der Waals surface area contributed by atoms with Gasteiger partial charge in [0.05, 0.1) is 36.8 Å². The minimum Gasteiger partial charge on any atom is -0.490 e. The maximum Gasteiger partial charge on any atom is 0.258 e. The molecule has 0 unspecified atom stereocenters. The second kappa shape index (κ2) is 9.84. The summed E-state index contributed by atoms with van der Waals surface area (Å²) in [6.07, 6.45) is 9.40. The van der Waals surface area contributed by atoms with Crippen LogP contribution in [0.25, 0.3) is 0 Å². The van der Waals surface area contributed by atoms with Crippen molar-refractivity contribution < 1.29 is 14.3 Å². The van der Waals surface area contributed by atoms with Crippen LogP contribution in [0.3, 0.4) is 0 Å². The molecule has 31 heavy (non-hydrogen) atoms. The van der Waals surface area contributed by atoms with Gasteiger partial charge in [0, 0.05) is 18.9 Å². The molecule has 1 amide bonds. The summed E-state index contributed by atoms with van der Waals surface area (Å²) >= 11 is 0. The third-order valence-corrected chi connectivity index (χ3v) is 4.82. The Morgan fingerprint density at radius 3 is 2.61 bits per heavy atom. The zero-order valence-electron chi connectivity index (χ0n) is 17.3. The fraction of sp³-hybridized carbons (Fsp3) is 0.318. The molecule has 1 atom stereocenters. The van der Waals surface area contributed by atoms with E-state index in [1.165, 1.54) is 31.1 Å². The molecule has 1 aromatic carbocycles. The highest BCUT2D eigenvalue weighted by molar-refractivity contribution is 6.03. The fourth-order valence-corrected chi connectivity index (χ4v) is 3.39. The van der Waals surface area contributed by atoms with E-state index in [-0.39, 0.29) is 12.0 Å². The van der Waals surface area contributed by atoms with E-state index >= 15 is 0 Å². The molecule has 9 nitrogen and oxygen atoms in total. The zero-order chi connectivity index (χ0) is 21.5. The van der Waals surface area contributed by atoms with Crippen molar-refractivity contribution in [2.24, 2.45) is 0 Å². The summed E-state index contributed by atoms with van der Waals surface area (Å²) in [5.74, 6) is 1.76. The quantitative estimate of drug-likeness (QED) is 0.622. The Morgan fingerprint density at radius 2 is 1.87 bits per heavy atom. The van der Waals surface area contributed by atoms with E-state index < -0.39 is 0 Å². The number of ether oxygens (including phenoxy) is 2. The van der Waals surface area contributed by atoms with Gasteiger partial charge >= 0.3 is 0 Å². The van der Waals surface area contributed by atoms with Crippen molar-refractivity contribution in [2.75, 3.05) is 29.9 Å². The fourth-order valence-electron chi connectivity index (χ4n) is 3.39. The summed E-state index contributed by atoms with van der Waals surface area (Å²) in [6.45, 7) is 4.03. The SMILES string of the molecule is CCOc1ccccc1O[C@@H]1CCCN(c2ncc(C(=O)Nc3cncnc3)cn2)C1. The van der Waals surface area contributed by atoms with Crippen LogP contribution in [0.4, 0.5) is 11.6 Å². The zero-order valence-corrected chi connectivity index (χ0v) is 17.3. The van der Waals surface area contributed by atoms with E-state index in [4.69, 9.17) is 9.47 Å². The summed E-state index contributed by atoms with van der Waals surface area (Å²) in [5, 5.41) is 2.72. The van der Waals surface area contributed by atoms with E-state index in [2.05, 4.69) is 30.2 Å². The highest BCUT2D eigenvalue weighted by Crippen LogP contribution is 2.29. The lowest BCUT2D eigenvalue weighted by Gasteiger charge is -2.33. The Balaban J connectivity index is 1.39. The minimum absolute atomic E-state index is 0.0000110. The van der Waals surface area contributed by atoms with Gasteiger partial charge in [0.25, 0.3) is 5.91 Å². The van der Waals surface area contributed by atoms with Crippen LogP contribution in [-0.4, -0.2) is 51.6 Å². The number of rotatable bonds is 7. The molecule has 3 heterocycles. The molecule has 0 radical (unpaired) electrons. The number of hydrogen-bond donors (Lipinski definition) is 1. The van der Waals surface area contributed by atoms with Crippen molar-refractivity contribution in [3.63, 3.8) is 0 Å². The number of hydrogen-bond acceptors (Lipinski definition) is 8. The molecule has 1 N–H and O–H groups in total. The number of piperidine rings is 1. The maximum absolute atomic E-state index is 12.3. The van der Waals surface area contributed by atoms with Gasteiger partial charge < -0.3 is 19.7 Å². The van der Waals surface area contributed by atoms with Crippen LogP contribution in [0.5, 0.6) is 11.5 Å². The molecular weight excluding hydrogens is 396 g/mol. The lowest BCUT2D eigenvalue weighted by Crippen LogP contribution is -2.42. The molecule has 4 rings (SSSR count). The van der Waals surface area contributed by atoms with Crippen LogP contribution in [0.15, 0.2) is 55.4 Å². The molecule has 3 aromatic rings. The maximum atomic E-state index is 12.3. The molecule has 0 bridgehead atoms. The van der Waals surface area contributed by atoms with Gasteiger partial charge in [0.1, 0.15) is 12.4 Å². The largest absolute Gasteiger partial charge is 0.490 e. The first-order chi connectivity index (χ1) is 15.2. The Hall–Kier alpha value is -3.75. The Kier molecular flexibility index (Phi) is 6.51. The lowest BCUT2D eigenvalue weighted by atomic mass is 10.1. The van der Waals surface area contributed by atoms with E-state index in [0.29, 0.717) is 30.4 Å². The minimum atomic E-state index is -0.311. The van der Waals surface area contributed by atoms with Gasteiger partial charge in [-0.05, 0) is 31.9 Å². The van der Waals surface area contributed by atoms with Crippen LogP contribution in [-0.2, 0) is 0 Å². The predicted molar refractivity (Wildman–Crippen MR) is 115 cm³/mol. The van der Waals surface area contributed by atoms with Crippen LogP contribution >= 0.6 is 0 Å². The molecule has 0 spiro atoms. The second-order valence-corrected chi connectivity index (χ2v) is 7.06. The number of anilines is 2. The number of aromatic nitrogens is 4. The highest BCUT2D eigenvalue weighted by Gasteiger charge is 2.24. The van der Waals surface area contributed by atoms with Crippen molar-refractivity contribution in [2.45, 2.75) is 25.9 Å². The standard InChI is InChI=1S/C22H24N6O3/c1-2-30-19-7-3-4-8-20(19)31-18-6-5-9-28(14-18)22-25-10-16(11-26-22)21(29)27-17-12-23-15-24-13-17/h3-4,7-8,10-13,15,18H,2,5-6,9,14H2,1H3,(H,27,29)/t18-/m1/s1. The van der Waals surface area contributed by atoms with Gasteiger partial charge in [0.2, 0.25) is 5.95 Å². The topological polar surface area (TPSA) is 102 Å². The molecule has 160 valence electrons. The van der Waals surface area contributed by atoms with E-state index in [1.54, 1.807) is 0 Å². The molecule has 1 saturated heterocycles. The highest BCUT2D eigenvalue weighted by atomic mass is 16.5. The smallest absolute Gasteiger partial charge is 0.258 e. The van der Waals surface area contributed by atoms with Gasteiger partial charge in [-0.2, -0.15) is 0 Å². The van der Waals surface area contributed by atoms with Crippen molar-refractivity contribution in [3.8, 4) is 11.5 Å². The number of nitrogens with zero attached hydrogens (tertiary/aromatic N) is 5. The van der Waals surface area contributed by atoms with Gasteiger partial charge in [-0.25, -0.2) is 19.9 Å². The summed E-state index contributed by atoms with van der Waals surface area (Å²) in [7, 11) is 0. The van der Waals surface area contributed by atoms with E-state index in [9.17, 15) is 4.79 Å². The first kappa shape index (κ1) is 20.5. The van der Waals surface area contributed by atoms with Crippen LogP contribution < -0.4 is 19.7 Å². The first-order valence-electron chi connectivity index (χ1n) is 10.2. The third kappa shape index (κ3) is 5.25. The number of benzene rings is 1. The lowest BCUT2D eigenvalue weighted by molar-refractivity contribution is 0.102. The van der Waals surface area contributed by atoms with Crippen molar-refractivity contribution in [3.05, 3.63) is 60.9 Å². The molecule has 9 heteroatoms. The molecule has 1 aliphatic rings. The van der Waals surface area contributed by atoms with Crippen LogP contribution in [0.1, 0.15) is 30.1 Å². The van der Waals surface area contributed by atoms with Crippen LogP contribution in [0, 0.1) is 0 Å². The van der Waals surface area contributed by atoms with Gasteiger partial charge in [-0.3, -0.25) is 4.79 Å². The number of carbonyl (C=O) groups excluding carboxylic acids is 1. The summed E-state index contributed by atoms with van der Waals surface area (Å²) in [5.41, 5.74) is 0.878. The number of para-hydroxylation sites is 2. The van der Waals surface area contributed by atoms with Crippen molar-refractivity contribution in [1.82, 2.24) is 19.9 Å². The predicted octanol–water partition coefficient (Wildman–Crippen LogP) is 2.97. The van der Waals surface area contributed by atoms with Crippen molar-refractivity contribution in [1.29, 1.82) is 0 Å². The van der Waals surface area contributed by atoms with Gasteiger partial charge in [0.15, 0.2) is 11.5 Å². The molecule has 0 saturated carbocycles.